The van der Waals surface area contributed by atoms with Gasteiger partial charge in [0, 0.05) is 14.7 Å². The van der Waals surface area contributed by atoms with E-state index in [-0.39, 0.29) is 0 Å². The zero-order chi connectivity index (χ0) is 13.8. The van der Waals surface area contributed by atoms with E-state index in [4.69, 9.17) is 4.74 Å². The van der Waals surface area contributed by atoms with Crippen LogP contribution in [-0.4, -0.2) is 6.29 Å². The van der Waals surface area contributed by atoms with Crippen molar-refractivity contribution in [2.75, 3.05) is 0 Å². The second kappa shape index (κ2) is 6.19. The van der Waals surface area contributed by atoms with Crippen LogP contribution < -0.4 is 4.74 Å². The quantitative estimate of drug-likeness (QED) is 0.596. The number of hydrogen-bond donors (Lipinski definition) is 0. The first-order valence-electron chi connectivity index (χ1n) is 6.04. The number of benzene rings is 2. The van der Waals surface area contributed by atoms with Gasteiger partial charge in [-0.25, -0.2) is 0 Å². The summed E-state index contributed by atoms with van der Waals surface area (Å²) in [4.78, 5) is 11.0. The summed E-state index contributed by atoms with van der Waals surface area (Å²) in [5.41, 5.74) is 3.87. The summed E-state index contributed by atoms with van der Waals surface area (Å²) >= 11 is 2.23. The third kappa shape index (κ3) is 3.56. The maximum Gasteiger partial charge on any atom is 0.150 e. The Morgan fingerprint density at radius 1 is 1.16 bits per heavy atom. The van der Waals surface area contributed by atoms with Crippen molar-refractivity contribution in [3.05, 3.63) is 62.2 Å². The molecule has 0 unspecified atom stereocenters. The Balaban J connectivity index is 2.20. The molecule has 98 valence electrons. The minimum absolute atomic E-state index is 0.412. The SMILES string of the molecule is Cc1ccc(C)c(OCc2cc(I)ccc2C=O)c1. The van der Waals surface area contributed by atoms with E-state index >= 15 is 0 Å². The van der Waals surface area contributed by atoms with Gasteiger partial charge in [-0.3, -0.25) is 4.79 Å². The van der Waals surface area contributed by atoms with E-state index in [2.05, 4.69) is 28.7 Å². The molecule has 0 amide bonds. The van der Waals surface area contributed by atoms with Gasteiger partial charge in [0.2, 0.25) is 0 Å². The predicted molar refractivity (Wildman–Crippen MR) is 84.8 cm³/mol. The number of rotatable bonds is 4. The maximum atomic E-state index is 11.0. The van der Waals surface area contributed by atoms with Gasteiger partial charge in [-0.1, -0.05) is 18.2 Å². The molecule has 19 heavy (non-hydrogen) atoms. The fourth-order valence-electron chi connectivity index (χ4n) is 1.83. The van der Waals surface area contributed by atoms with Crippen LogP contribution in [0.3, 0.4) is 0 Å². The lowest BCUT2D eigenvalue weighted by atomic mass is 10.1. The van der Waals surface area contributed by atoms with E-state index in [0.717, 1.165) is 26.7 Å². The highest BCUT2D eigenvalue weighted by atomic mass is 127. The molecular formula is C16H15IO2. The van der Waals surface area contributed by atoms with Gasteiger partial charge >= 0.3 is 0 Å². The first kappa shape index (κ1) is 14.1. The summed E-state index contributed by atoms with van der Waals surface area (Å²) < 4.78 is 6.94. The lowest BCUT2D eigenvalue weighted by Crippen LogP contribution is -2.01. The van der Waals surface area contributed by atoms with Gasteiger partial charge in [0.15, 0.2) is 0 Å². The molecule has 0 heterocycles. The van der Waals surface area contributed by atoms with Crippen molar-refractivity contribution in [3.63, 3.8) is 0 Å². The van der Waals surface area contributed by atoms with Crippen molar-refractivity contribution in [1.82, 2.24) is 0 Å². The maximum absolute atomic E-state index is 11.0. The number of ether oxygens (including phenoxy) is 1. The van der Waals surface area contributed by atoms with Crippen molar-refractivity contribution < 1.29 is 9.53 Å². The molecule has 0 aliphatic carbocycles. The Morgan fingerprint density at radius 2 is 1.95 bits per heavy atom. The molecule has 0 aliphatic heterocycles. The highest BCUT2D eigenvalue weighted by molar-refractivity contribution is 14.1. The Morgan fingerprint density at radius 3 is 2.68 bits per heavy atom. The molecule has 0 N–H and O–H groups in total. The molecule has 0 saturated carbocycles. The van der Waals surface area contributed by atoms with Crippen LogP contribution in [0.15, 0.2) is 36.4 Å². The van der Waals surface area contributed by atoms with Crippen LogP contribution in [0.2, 0.25) is 0 Å². The summed E-state index contributed by atoms with van der Waals surface area (Å²) in [6.07, 6.45) is 0.873. The Kier molecular flexibility index (Phi) is 4.58. The Labute approximate surface area is 126 Å². The van der Waals surface area contributed by atoms with Gasteiger partial charge in [0.05, 0.1) is 0 Å². The number of halogens is 1. The predicted octanol–water partition coefficient (Wildman–Crippen LogP) is 4.30. The fourth-order valence-corrected chi connectivity index (χ4v) is 2.39. The zero-order valence-corrected chi connectivity index (χ0v) is 13.1. The van der Waals surface area contributed by atoms with Crippen molar-refractivity contribution in [2.45, 2.75) is 20.5 Å². The minimum Gasteiger partial charge on any atom is -0.489 e. The highest BCUT2D eigenvalue weighted by Gasteiger charge is 2.05. The van der Waals surface area contributed by atoms with Crippen LogP contribution in [0.1, 0.15) is 27.0 Å². The average Bonchev–Trinajstić information content (AvgIpc) is 2.40. The molecule has 0 bridgehead atoms. The molecule has 0 aliphatic rings. The monoisotopic (exact) mass is 366 g/mol. The molecular weight excluding hydrogens is 351 g/mol. The minimum atomic E-state index is 0.412. The van der Waals surface area contributed by atoms with E-state index in [0.29, 0.717) is 12.2 Å². The summed E-state index contributed by atoms with van der Waals surface area (Å²) in [6.45, 7) is 4.47. The number of aryl methyl sites for hydroxylation is 2. The summed E-state index contributed by atoms with van der Waals surface area (Å²) in [6, 6.07) is 11.9. The van der Waals surface area contributed by atoms with E-state index in [9.17, 15) is 4.79 Å². The van der Waals surface area contributed by atoms with E-state index in [1.165, 1.54) is 5.56 Å². The highest BCUT2D eigenvalue weighted by Crippen LogP contribution is 2.21. The zero-order valence-electron chi connectivity index (χ0n) is 10.9. The fraction of sp³-hybridized carbons (Fsp3) is 0.188. The third-order valence-electron chi connectivity index (χ3n) is 2.96. The van der Waals surface area contributed by atoms with E-state index in [1.807, 2.05) is 44.2 Å². The van der Waals surface area contributed by atoms with Crippen molar-refractivity contribution in [1.29, 1.82) is 0 Å². The number of carbonyl (C=O) groups excluding carboxylic acids is 1. The van der Waals surface area contributed by atoms with E-state index in [1.54, 1.807) is 0 Å². The Hall–Kier alpha value is -1.36. The van der Waals surface area contributed by atoms with Crippen LogP contribution in [0, 0.1) is 17.4 Å². The lowest BCUT2D eigenvalue weighted by molar-refractivity contribution is 0.112. The Bertz CT molecular complexity index is 606. The van der Waals surface area contributed by atoms with Gasteiger partial charge in [-0.15, -0.1) is 0 Å². The third-order valence-corrected chi connectivity index (χ3v) is 3.63. The number of aldehydes is 1. The van der Waals surface area contributed by atoms with Gasteiger partial charge < -0.3 is 4.74 Å². The summed E-state index contributed by atoms with van der Waals surface area (Å²) in [5, 5.41) is 0. The van der Waals surface area contributed by atoms with Crippen LogP contribution in [-0.2, 0) is 6.61 Å². The number of hydrogen-bond acceptors (Lipinski definition) is 2. The molecule has 2 nitrogen and oxygen atoms in total. The first-order chi connectivity index (χ1) is 9.10. The number of carbonyl (C=O) groups is 1. The van der Waals surface area contributed by atoms with Gasteiger partial charge in [-0.2, -0.15) is 0 Å². The van der Waals surface area contributed by atoms with E-state index < -0.39 is 0 Å². The smallest absolute Gasteiger partial charge is 0.150 e. The van der Waals surface area contributed by atoms with Gasteiger partial charge in [0.1, 0.15) is 18.6 Å². The van der Waals surface area contributed by atoms with Gasteiger partial charge in [-0.05, 0) is 65.8 Å². The second-order valence-corrected chi connectivity index (χ2v) is 5.76. The second-order valence-electron chi connectivity index (χ2n) is 4.52. The molecule has 0 radical (unpaired) electrons. The van der Waals surface area contributed by atoms with Crippen molar-refractivity contribution >= 4 is 28.9 Å². The van der Waals surface area contributed by atoms with Crippen LogP contribution in [0.4, 0.5) is 0 Å². The largest absolute Gasteiger partial charge is 0.489 e. The summed E-state index contributed by atoms with van der Waals surface area (Å²) in [5.74, 6) is 0.871. The van der Waals surface area contributed by atoms with Crippen LogP contribution in [0.5, 0.6) is 5.75 Å². The molecule has 0 atom stereocenters. The van der Waals surface area contributed by atoms with Crippen LogP contribution in [0.25, 0.3) is 0 Å². The standard InChI is InChI=1S/C16H15IO2/c1-11-3-4-12(2)16(7-11)19-10-14-8-15(17)6-5-13(14)9-18/h3-9H,10H2,1-2H3. The first-order valence-corrected chi connectivity index (χ1v) is 7.11. The van der Waals surface area contributed by atoms with Crippen molar-refractivity contribution in [3.8, 4) is 5.75 Å². The lowest BCUT2D eigenvalue weighted by Gasteiger charge is -2.11. The average molecular weight is 366 g/mol. The normalized spacial score (nSPS) is 10.3. The molecule has 0 saturated heterocycles. The molecule has 0 spiro atoms. The molecule has 2 rings (SSSR count). The molecule has 2 aromatic rings. The van der Waals surface area contributed by atoms with Gasteiger partial charge in [0.25, 0.3) is 0 Å². The van der Waals surface area contributed by atoms with Crippen LogP contribution >= 0.6 is 22.6 Å². The van der Waals surface area contributed by atoms with Crippen molar-refractivity contribution in [2.24, 2.45) is 0 Å². The summed E-state index contributed by atoms with van der Waals surface area (Å²) in [7, 11) is 0. The molecule has 3 heteroatoms. The topological polar surface area (TPSA) is 26.3 Å². The molecule has 0 fully saturated rings. The molecule has 0 aromatic heterocycles. The molecule has 2 aromatic carbocycles.